The number of fused-ring (bicyclic) bond motifs is 8. The van der Waals surface area contributed by atoms with Crippen molar-refractivity contribution < 1.29 is 0 Å². The van der Waals surface area contributed by atoms with Gasteiger partial charge in [0, 0.05) is 56.3 Å². The summed E-state index contributed by atoms with van der Waals surface area (Å²) >= 11 is 0. The van der Waals surface area contributed by atoms with Crippen LogP contribution in [0.4, 0.5) is 17.1 Å². The first-order chi connectivity index (χ1) is 25.3. The van der Waals surface area contributed by atoms with Crippen LogP contribution in [0.3, 0.4) is 0 Å². The number of hydrogen-bond donors (Lipinski definition) is 0. The minimum Gasteiger partial charge on any atom is -0.308 e. The van der Waals surface area contributed by atoms with E-state index in [-0.39, 0.29) is 0 Å². The van der Waals surface area contributed by atoms with Gasteiger partial charge in [-0.15, -0.1) is 0 Å². The van der Waals surface area contributed by atoms with Crippen LogP contribution in [0.25, 0.3) is 76.6 Å². The van der Waals surface area contributed by atoms with E-state index in [1.807, 2.05) is 18.5 Å². The lowest BCUT2D eigenvalue weighted by Gasteiger charge is -2.27. The molecule has 0 saturated heterocycles. The summed E-state index contributed by atoms with van der Waals surface area (Å²) in [4.78, 5) is 17.6. The first-order valence-electron chi connectivity index (χ1n) is 17.2. The highest BCUT2D eigenvalue weighted by Gasteiger charge is 2.22. The molecule has 3 aromatic heterocycles. The number of nitrogens with zero attached hydrogens (tertiary/aromatic N) is 4. The monoisotopic (exact) mass is 650 g/mol. The fourth-order valence-electron chi connectivity index (χ4n) is 7.66. The Labute approximate surface area is 294 Å². The van der Waals surface area contributed by atoms with Gasteiger partial charge in [0.15, 0.2) is 0 Å². The molecule has 238 valence electrons. The summed E-state index contributed by atoms with van der Waals surface area (Å²) in [7, 11) is 0. The second-order valence-electron chi connectivity index (χ2n) is 12.8. The van der Waals surface area contributed by atoms with Gasteiger partial charge in [-0.2, -0.15) is 0 Å². The predicted molar refractivity (Wildman–Crippen MR) is 213 cm³/mol. The maximum atomic E-state index is 5.70. The Kier molecular flexibility index (Phi) is 6.78. The molecule has 0 amide bonds. The Morgan fingerprint density at radius 1 is 0.353 bits per heavy atom. The van der Waals surface area contributed by atoms with Crippen molar-refractivity contribution in [3.8, 4) is 22.4 Å². The summed E-state index contributed by atoms with van der Waals surface area (Å²) in [5.41, 5.74) is 10.1. The van der Waals surface area contributed by atoms with Gasteiger partial charge in [0.25, 0.3) is 0 Å². The van der Waals surface area contributed by atoms with E-state index < -0.39 is 0 Å². The maximum absolute atomic E-state index is 5.70. The molecule has 0 saturated carbocycles. The molecule has 10 rings (SSSR count). The van der Waals surface area contributed by atoms with E-state index in [9.17, 15) is 0 Å². The number of hydrogen-bond acceptors (Lipinski definition) is 4. The zero-order chi connectivity index (χ0) is 33.7. The fraction of sp³-hybridized carbons (Fsp3) is 0. The van der Waals surface area contributed by atoms with Crippen LogP contribution in [0.5, 0.6) is 0 Å². The Morgan fingerprint density at radius 3 is 1.82 bits per heavy atom. The van der Waals surface area contributed by atoms with Gasteiger partial charge in [0.05, 0.1) is 27.9 Å². The first-order valence-corrected chi connectivity index (χ1v) is 17.2. The Bertz CT molecular complexity index is 2880. The van der Waals surface area contributed by atoms with Gasteiger partial charge in [-0.1, -0.05) is 127 Å². The lowest BCUT2D eigenvalue weighted by Crippen LogP contribution is -2.11. The van der Waals surface area contributed by atoms with Gasteiger partial charge in [-0.3, -0.25) is 9.97 Å². The zero-order valence-corrected chi connectivity index (χ0v) is 27.6. The van der Waals surface area contributed by atoms with Crippen molar-refractivity contribution in [2.24, 2.45) is 0 Å². The maximum Gasteiger partial charge on any atom is 0.0970 e. The lowest BCUT2D eigenvalue weighted by molar-refractivity contribution is 1.28. The highest BCUT2D eigenvalue weighted by atomic mass is 15.1. The third-order valence-corrected chi connectivity index (χ3v) is 9.92. The van der Waals surface area contributed by atoms with Crippen LogP contribution in [-0.2, 0) is 0 Å². The second kappa shape index (κ2) is 11.9. The molecule has 0 spiro atoms. The average Bonchev–Trinajstić information content (AvgIpc) is 3.21. The van der Waals surface area contributed by atoms with Gasteiger partial charge in [0.1, 0.15) is 0 Å². The molecule has 4 heteroatoms. The van der Waals surface area contributed by atoms with Crippen molar-refractivity contribution in [3.05, 3.63) is 182 Å². The van der Waals surface area contributed by atoms with Crippen LogP contribution in [-0.4, -0.2) is 15.0 Å². The summed E-state index contributed by atoms with van der Waals surface area (Å²) < 4.78 is 0. The van der Waals surface area contributed by atoms with Gasteiger partial charge >= 0.3 is 0 Å². The summed E-state index contributed by atoms with van der Waals surface area (Å²) in [6.45, 7) is 0. The number of para-hydroxylation sites is 3. The molecule has 0 aliphatic carbocycles. The summed E-state index contributed by atoms with van der Waals surface area (Å²) in [6, 6.07) is 60.0. The van der Waals surface area contributed by atoms with Crippen molar-refractivity contribution in [1.82, 2.24) is 15.0 Å². The lowest BCUT2D eigenvalue weighted by atomic mass is 9.90. The number of pyridine rings is 3. The molecule has 0 bridgehead atoms. The summed E-state index contributed by atoms with van der Waals surface area (Å²) in [6.07, 6.45) is 3.74. The molecule has 3 heterocycles. The third-order valence-electron chi connectivity index (χ3n) is 9.92. The third kappa shape index (κ3) is 4.72. The van der Waals surface area contributed by atoms with Gasteiger partial charge in [0.2, 0.25) is 0 Å². The molecular formula is C47H30N4. The van der Waals surface area contributed by atoms with Crippen LogP contribution >= 0.6 is 0 Å². The Balaban J connectivity index is 1.32. The van der Waals surface area contributed by atoms with Crippen LogP contribution in [0.15, 0.2) is 182 Å². The topological polar surface area (TPSA) is 41.9 Å². The van der Waals surface area contributed by atoms with Gasteiger partial charge in [-0.25, -0.2) is 4.98 Å². The second-order valence-corrected chi connectivity index (χ2v) is 12.8. The fourth-order valence-corrected chi connectivity index (χ4v) is 7.66. The summed E-state index contributed by atoms with van der Waals surface area (Å²) in [5, 5.41) is 7.96. The molecule has 51 heavy (non-hydrogen) atoms. The quantitative estimate of drug-likeness (QED) is 0.174. The zero-order valence-electron chi connectivity index (χ0n) is 27.6. The number of anilines is 3. The van der Waals surface area contributed by atoms with E-state index in [1.165, 1.54) is 16.2 Å². The Morgan fingerprint density at radius 2 is 1.00 bits per heavy atom. The molecule has 4 nitrogen and oxygen atoms in total. The smallest absolute Gasteiger partial charge is 0.0970 e. The molecular weight excluding hydrogens is 621 g/mol. The van der Waals surface area contributed by atoms with Crippen LogP contribution in [0.1, 0.15) is 0 Å². The largest absolute Gasteiger partial charge is 0.308 e. The van der Waals surface area contributed by atoms with E-state index in [0.29, 0.717) is 0 Å². The molecule has 7 aromatic carbocycles. The van der Waals surface area contributed by atoms with Crippen LogP contribution in [0, 0.1) is 0 Å². The molecule has 0 fully saturated rings. The van der Waals surface area contributed by atoms with Gasteiger partial charge < -0.3 is 4.90 Å². The highest BCUT2D eigenvalue weighted by molar-refractivity contribution is 6.24. The van der Waals surface area contributed by atoms with E-state index in [1.54, 1.807) is 0 Å². The van der Waals surface area contributed by atoms with Crippen molar-refractivity contribution in [1.29, 1.82) is 0 Å². The summed E-state index contributed by atoms with van der Waals surface area (Å²) in [5.74, 6) is 0. The SMILES string of the molecule is c1ccc(N(c2ccccc2)c2cccc3c2nc(-c2ccccc2-c2ccnc4c2ccc2cccnc24)c2ccc4ccccc4c23)cc1. The van der Waals surface area contributed by atoms with E-state index >= 15 is 0 Å². The molecule has 0 unspecified atom stereocenters. The van der Waals surface area contributed by atoms with Crippen LogP contribution in [0.2, 0.25) is 0 Å². The van der Waals surface area contributed by atoms with E-state index in [0.717, 1.165) is 77.5 Å². The number of aromatic nitrogens is 3. The van der Waals surface area contributed by atoms with E-state index in [2.05, 4.69) is 169 Å². The average molecular weight is 651 g/mol. The van der Waals surface area contributed by atoms with E-state index in [4.69, 9.17) is 15.0 Å². The standard InChI is InChI=1S/C47H30N4/c1-3-15-33(16-4-1)51(34-17-5-2-6-18-34)42-23-11-22-40-43-35-19-8-7-13-31(35)24-27-41(43)45(50-46(40)42)38-21-10-9-20-36(38)37-28-30-49-47-39(37)26-25-32-14-12-29-48-44(32)47/h1-30H. The predicted octanol–water partition coefficient (Wildman–Crippen LogP) is 12.4. The molecule has 0 N–H and O–H groups in total. The molecule has 0 aliphatic heterocycles. The molecule has 0 aliphatic rings. The van der Waals surface area contributed by atoms with Crippen molar-refractivity contribution in [3.63, 3.8) is 0 Å². The normalized spacial score (nSPS) is 11.5. The molecule has 0 atom stereocenters. The minimum absolute atomic E-state index is 0.895. The number of benzene rings is 7. The van der Waals surface area contributed by atoms with Gasteiger partial charge in [-0.05, 0) is 64.4 Å². The highest BCUT2D eigenvalue weighted by Crippen LogP contribution is 2.45. The molecule has 0 radical (unpaired) electrons. The van der Waals surface area contributed by atoms with Crippen molar-refractivity contribution >= 4 is 71.3 Å². The first kappa shape index (κ1) is 29.0. The molecule has 10 aromatic rings. The number of rotatable bonds is 5. The Hall–Kier alpha value is -6.91. The van der Waals surface area contributed by atoms with Crippen molar-refractivity contribution in [2.75, 3.05) is 4.90 Å². The van der Waals surface area contributed by atoms with Crippen LogP contribution < -0.4 is 4.90 Å². The van der Waals surface area contributed by atoms with Crippen molar-refractivity contribution in [2.45, 2.75) is 0 Å². The minimum atomic E-state index is 0.895.